The Labute approximate surface area is 273 Å². The highest BCUT2D eigenvalue weighted by Gasteiger charge is 2.82. The van der Waals surface area contributed by atoms with Gasteiger partial charge in [0.15, 0.2) is 11.4 Å². The Kier molecular flexibility index (Phi) is 7.70. The molecule has 0 radical (unpaired) electrons. The molecule has 4 fully saturated rings. The zero-order chi connectivity index (χ0) is 33.6. The van der Waals surface area contributed by atoms with Crippen LogP contribution in [0.2, 0.25) is 0 Å². The Hall–Kier alpha value is -3.32. The number of aliphatic carboxylic acids is 1. The molecule has 3 heterocycles. The standard InChI is InChI=1S/C39H50O7/c1-21(2)11-10-16-37(9)17-15-26-31(40)30-32(41)28-19-25-20-29-36(7,8)46-38(24(25)6,18-14-23(5)35(42)43)39(28,29)45-34(30)27(33(26)44-37)13-12-22(3)4/h11-12,14-15,17,24-25,28-29,40H,10,13,16,18-20H2,1-9H3,(H,42,43)/b23-14+/t24?,25?,28?,29?,37-,38?,39?/m1/s1. The van der Waals surface area contributed by atoms with Crippen molar-refractivity contribution in [2.45, 2.75) is 123 Å². The van der Waals surface area contributed by atoms with E-state index in [0.29, 0.717) is 36.3 Å². The summed E-state index contributed by atoms with van der Waals surface area (Å²) in [7, 11) is 0. The van der Waals surface area contributed by atoms with Crippen LogP contribution >= 0.6 is 0 Å². The van der Waals surface area contributed by atoms with Gasteiger partial charge in [0.25, 0.3) is 0 Å². The highest BCUT2D eigenvalue weighted by molar-refractivity contribution is 6.07. The first-order valence-electron chi connectivity index (χ1n) is 16.9. The molecule has 6 unspecified atom stereocenters. The number of hydrogen-bond donors (Lipinski definition) is 2. The summed E-state index contributed by atoms with van der Waals surface area (Å²) < 4.78 is 21.4. The molecule has 1 aromatic rings. The largest absolute Gasteiger partial charge is 0.506 e. The molecule has 3 saturated carbocycles. The van der Waals surface area contributed by atoms with Crippen LogP contribution < -0.4 is 9.47 Å². The van der Waals surface area contributed by atoms with Gasteiger partial charge in [-0.3, -0.25) is 4.79 Å². The fourth-order valence-corrected chi connectivity index (χ4v) is 9.37. The van der Waals surface area contributed by atoms with Crippen molar-refractivity contribution < 1.29 is 34.0 Å². The van der Waals surface area contributed by atoms with Crippen LogP contribution in [0.5, 0.6) is 17.2 Å². The van der Waals surface area contributed by atoms with Gasteiger partial charge in [-0.05, 0) is 118 Å². The van der Waals surface area contributed by atoms with E-state index in [4.69, 9.17) is 14.2 Å². The predicted molar refractivity (Wildman–Crippen MR) is 178 cm³/mol. The summed E-state index contributed by atoms with van der Waals surface area (Å²) in [4.78, 5) is 26.8. The molecule has 1 aromatic carbocycles. The average Bonchev–Trinajstić information content (AvgIpc) is 3.12. The number of phenolic OH excluding ortho intramolecular Hbond substituents is 1. The van der Waals surface area contributed by atoms with E-state index in [1.165, 1.54) is 5.57 Å². The SMILES string of the molecule is CC(C)=CCC[C@]1(C)C=Cc2c(O)c3c(c(CC=C(C)C)c2O1)OC12C(CC4CC1C(C)(C)OC2(C/C=C(\C)C(=O)O)C4C)C3=O. The zero-order valence-electron chi connectivity index (χ0n) is 28.9. The van der Waals surface area contributed by atoms with E-state index < -0.39 is 34.3 Å². The van der Waals surface area contributed by atoms with Crippen LogP contribution in [-0.2, 0) is 16.0 Å². The van der Waals surface area contributed by atoms with Crippen LogP contribution in [0.4, 0.5) is 0 Å². The number of rotatable bonds is 8. The number of ether oxygens (including phenoxy) is 3. The number of Topliss-reactive ketones (excluding diaryl/α,β-unsaturated/α-hetero) is 1. The van der Waals surface area contributed by atoms with Crippen LogP contribution in [0, 0.1) is 23.7 Å². The van der Waals surface area contributed by atoms with Gasteiger partial charge in [-0.15, -0.1) is 0 Å². The minimum absolute atomic E-state index is 0.0268. The van der Waals surface area contributed by atoms with Gasteiger partial charge in [-0.2, -0.15) is 0 Å². The van der Waals surface area contributed by atoms with E-state index in [1.807, 2.05) is 26.0 Å². The lowest BCUT2D eigenvalue weighted by Gasteiger charge is -2.64. The fourth-order valence-electron chi connectivity index (χ4n) is 9.37. The Morgan fingerprint density at radius 3 is 2.35 bits per heavy atom. The van der Waals surface area contributed by atoms with Gasteiger partial charge in [0.05, 0.1) is 17.1 Å². The van der Waals surface area contributed by atoms with E-state index in [9.17, 15) is 19.8 Å². The van der Waals surface area contributed by atoms with E-state index in [2.05, 4.69) is 53.7 Å². The van der Waals surface area contributed by atoms with Gasteiger partial charge in [-0.25, -0.2) is 4.79 Å². The van der Waals surface area contributed by atoms with Crippen LogP contribution in [0.25, 0.3) is 6.08 Å². The van der Waals surface area contributed by atoms with E-state index in [0.717, 1.165) is 30.4 Å². The average molecular weight is 631 g/mol. The lowest BCUT2D eigenvalue weighted by atomic mass is 9.44. The summed E-state index contributed by atoms with van der Waals surface area (Å²) in [5, 5.41) is 21.6. The highest BCUT2D eigenvalue weighted by Crippen LogP contribution is 2.73. The maximum absolute atomic E-state index is 14.9. The number of aromatic hydroxyl groups is 1. The number of carboxylic acids is 1. The van der Waals surface area contributed by atoms with Gasteiger partial charge >= 0.3 is 5.97 Å². The Balaban J connectivity index is 1.57. The van der Waals surface area contributed by atoms with Crippen molar-refractivity contribution in [3.8, 4) is 17.2 Å². The fraction of sp³-hybridized carbons (Fsp3) is 0.590. The van der Waals surface area contributed by atoms with E-state index in [-0.39, 0.29) is 40.4 Å². The van der Waals surface area contributed by atoms with Gasteiger partial charge in [0.2, 0.25) is 0 Å². The number of hydrogen-bond acceptors (Lipinski definition) is 6. The number of benzene rings is 1. The molecule has 1 spiro atoms. The third kappa shape index (κ3) is 4.63. The molecule has 7 nitrogen and oxygen atoms in total. The lowest BCUT2D eigenvalue weighted by Crippen LogP contribution is -2.75. The third-order valence-electron chi connectivity index (χ3n) is 11.7. The Morgan fingerprint density at radius 2 is 1.70 bits per heavy atom. The third-order valence-corrected chi connectivity index (χ3v) is 11.7. The predicted octanol–water partition coefficient (Wildman–Crippen LogP) is 8.39. The summed E-state index contributed by atoms with van der Waals surface area (Å²) >= 11 is 0. The first kappa shape index (κ1) is 32.6. The summed E-state index contributed by atoms with van der Waals surface area (Å²) in [6.45, 7) is 18.2. The molecular formula is C39H50O7. The highest BCUT2D eigenvalue weighted by atomic mass is 16.6. The first-order valence-corrected chi connectivity index (χ1v) is 16.9. The molecule has 6 aliphatic rings. The van der Waals surface area contributed by atoms with E-state index >= 15 is 0 Å². The van der Waals surface area contributed by atoms with Crippen LogP contribution in [0.1, 0.15) is 116 Å². The molecule has 3 aliphatic heterocycles. The van der Waals surface area contributed by atoms with Gasteiger partial charge in [0.1, 0.15) is 34.0 Å². The van der Waals surface area contributed by atoms with Crippen molar-refractivity contribution in [3.63, 3.8) is 0 Å². The van der Waals surface area contributed by atoms with Crippen molar-refractivity contribution in [2.24, 2.45) is 23.7 Å². The van der Waals surface area contributed by atoms with Gasteiger partial charge in [-0.1, -0.05) is 36.3 Å². The van der Waals surface area contributed by atoms with Gasteiger partial charge in [0, 0.05) is 17.1 Å². The summed E-state index contributed by atoms with van der Waals surface area (Å²) in [5.74, 6) is -0.623. The number of carboxylic acid groups (broad SMARTS) is 1. The smallest absolute Gasteiger partial charge is 0.330 e. The quantitative estimate of drug-likeness (QED) is 0.220. The molecule has 7 heteroatoms. The molecule has 3 aliphatic carbocycles. The number of fused-ring (bicyclic) bond motifs is 2. The maximum Gasteiger partial charge on any atom is 0.330 e. The van der Waals surface area contributed by atoms with Crippen molar-refractivity contribution in [2.75, 3.05) is 0 Å². The number of ketones is 1. The lowest BCUT2D eigenvalue weighted by molar-refractivity contribution is -0.228. The second-order valence-corrected chi connectivity index (χ2v) is 15.7. The van der Waals surface area contributed by atoms with Gasteiger partial charge < -0.3 is 24.4 Å². The number of carbonyl (C=O) groups is 2. The molecule has 0 aromatic heterocycles. The molecule has 4 bridgehead atoms. The van der Waals surface area contributed by atoms with Crippen LogP contribution in [-0.4, -0.2) is 44.4 Å². The summed E-state index contributed by atoms with van der Waals surface area (Å²) in [5.41, 5.74) is 0.958. The zero-order valence-corrected chi connectivity index (χ0v) is 28.9. The normalized spacial score (nSPS) is 34.5. The number of allylic oxidation sites excluding steroid dienone is 4. The second-order valence-electron chi connectivity index (χ2n) is 15.7. The number of phenols is 1. The Morgan fingerprint density at radius 1 is 1.00 bits per heavy atom. The first-order chi connectivity index (χ1) is 21.5. The molecular weight excluding hydrogens is 580 g/mol. The van der Waals surface area contributed by atoms with Crippen LogP contribution in [0.3, 0.4) is 0 Å². The molecule has 7 rings (SSSR count). The molecule has 0 amide bonds. The van der Waals surface area contributed by atoms with Crippen molar-refractivity contribution in [3.05, 3.63) is 57.7 Å². The molecule has 248 valence electrons. The van der Waals surface area contributed by atoms with Crippen molar-refractivity contribution in [1.82, 2.24) is 0 Å². The molecule has 7 atom stereocenters. The minimum atomic E-state index is -1.03. The van der Waals surface area contributed by atoms with Crippen molar-refractivity contribution >= 4 is 17.8 Å². The summed E-state index contributed by atoms with van der Waals surface area (Å²) in [6.07, 6.45) is 13.8. The van der Waals surface area contributed by atoms with Crippen molar-refractivity contribution in [1.29, 1.82) is 0 Å². The Bertz CT molecular complexity index is 1620. The second kappa shape index (κ2) is 10.9. The topological polar surface area (TPSA) is 102 Å². The monoisotopic (exact) mass is 630 g/mol. The molecule has 1 saturated heterocycles. The maximum atomic E-state index is 14.9. The summed E-state index contributed by atoms with van der Waals surface area (Å²) in [6, 6.07) is 0. The molecule has 2 N–H and O–H groups in total. The van der Waals surface area contributed by atoms with Crippen LogP contribution in [0.15, 0.2) is 41.0 Å². The number of carbonyl (C=O) groups excluding carboxylic acids is 1. The van der Waals surface area contributed by atoms with E-state index in [1.54, 1.807) is 13.0 Å². The molecule has 46 heavy (non-hydrogen) atoms. The minimum Gasteiger partial charge on any atom is -0.506 e.